The molecular weight excluding hydrogens is 306 g/mol. The SMILES string of the molecule is CCC(=O)N1CCC(NC(=NC)NCCCCN2CCOCC2)C1. The maximum Gasteiger partial charge on any atom is 0.222 e. The molecule has 2 heterocycles. The third kappa shape index (κ3) is 6.28. The second-order valence-electron chi connectivity index (χ2n) is 6.48. The Labute approximate surface area is 145 Å². The monoisotopic (exact) mass is 339 g/mol. The third-order valence-electron chi connectivity index (χ3n) is 4.71. The Balaban J connectivity index is 1.56. The number of hydrogen-bond acceptors (Lipinski definition) is 4. The predicted octanol–water partition coefficient (Wildman–Crippen LogP) is 0.275. The lowest BCUT2D eigenvalue weighted by atomic mass is 10.2. The molecule has 1 unspecified atom stereocenters. The molecule has 24 heavy (non-hydrogen) atoms. The highest BCUT2D eigenvalue weighted by Crippen LogP contribution is 2.10. The number of morpholine rings is 1. The Morgan fingerprint density at radius 2 is 2.04 bits per heavy atom. The summed E-state index contributed by atoms with van der Waals surface area (Å²) in [5.41, 5.74) is 0. The maximum absolute atomic E-state index is 11.7. The van der Waals surface area contributed by atoms with Gasteiger partial charge in [0, 0.05) is 52.2 Å². The van der Waals surface area contributed by atoms with Crippen LogP contribution in [0.3, 0.4) is 0 Å². The average Bonchev–Trinajstić information content (AvgIpc) is 3.09. The van der Waals surface area contributed by atoms with Crippen LogP contribution in [0.5, 0.6) is 0 Å². The number of carbonyl (C=O) groups is 1. The van der Waals surface area contributed by atoms with Gasteiger partial charge in [0.1, 0.15) is 0 Å². The summed E-state index contributed by atoms with van der Waals surface area (Å²) < 4.78 is 5.36. The average molecular weight is 339 g/mol. The second-order valence-corrected chi connectivity index (χ2v) is 6.48. The molecule has 1 atom stereocenters. The van der Waals surface area contributed by atoms with Crippen LogP contribution in [0.4, 0.5) is 0 Å². The molecule has 0 saturated carbocycles. The number of carbonyl (C=O) groups excluding carboxylic acids is 1. The topological polar surface area (TPSA) is 69.2 Å². The van der Waals surface area contributed by atoms with Crippen molar-refractivity contribution < 1.29 is 9.53 Å². The second kappa shape index (κ2) is 10.5. The van der Waals surface area contributed by atoms with Crippen LogP contribution in [-0.2, 0) is 9.53 Å². The summed E-state index contributed by atoms with van der Waals surface area (Å²) in [4.78, 5) is 20.4. The summed E-state index contributed by atoms with van der Waals surface area (Å²) in [6.45, 7) is 9.48. The number of amides is 1. The number of likely N-dealkylation sites (tertiary alicyclic amines) is 1. The highest BCUT2D eigenvalue weighted by atomic mass is 16.5. The summed E-state index contributed by atoms with van der Waals surface area (Å²) in [7, 11) is 1.80. The van der Waals surface area contributed by atoms with E-state index in [0.717, 1.165) is 71.3 Å². The molecule has 2 fully saturated rings. The van der Waals surface area contributed by atoms with Gasteiger partial charge < -0.3 is 20.3 Å². The van der Waals surface area contributed by atoms with E-state index in [-0.39, 0.29) is 5.91 Å². The fraction of sp³-hybridized carbons (Fsp3) is 0.882. The fourth-order valence-electron chi connectivity index (χ4n) is 3.21. The highest BCUT2D eigenvalue weighted by Gasteiger charge is 2.25. The number of hydrogen-bond donors (Lipinski definition) is 2. The summed E-state index contributed by atoms with van der Waals surface area (Å²) in [6, 6.07) is 0.306. The maximum atomic E-state index is 11.7. The van der Waals surface area contributed by atoms with Crippen LogP contribution in [-0.4, -0.2) is 87.2 Å². The van der Waals surface area contributed by atoms with Crippen molar-refractivity contribution in [3.05, 3.63) is 0 Å². The minimum absolute atomic E-state index is 0.241. The first-order valence-electron chi connectivity index (χ1n) is 9.28. The van der Waals surface area contributed by atoms with Crippen LogP contribution < -0.4 is 10.6 Å². The van der Waals surface area contributed by atoms with Crippen LogP contribution >= 0.6 is 0 Å². The van der Waals surface area contributed by atoms with E-state index in [1.807, 2.05) is 11.8 Å². The van der Waals surface area contributed by atoms with E-state index in [1.54, 1.807) is 7.05 Å². The summed E-state index contributed by atoms with van der Waals surface area (Å²) in [5, 5.41) is 6.82. The van der Waals surface area contributed by atoms with Crippen molar-refractivity contribution >= 4 is 11.9 Å². The summed E-state index contributed by atoms with van der Waals surface area (Å²) in [5.74, 6) is 1.09. The van der Waals surface area contributed by atoms with Gasteiger partial charge in [-0.1, -0.05) is 6.92 Å². The minimum atomic E-state index is 0.241. The first kappa shape index (κ1) is 19.0. The molecule has 0 radical (unpaired) electrons. The number of ether oxygens (including phenoxy) is 1. The van der Waals surface area contributed by atoms with Crippen LogP contribution in [0, 0.1) is 0 Å². The number of nitrogens with zero attached hydrogens (tertiary/aromatic N) is 3. The number of guanidine groups is 1. The molecule has 1 amide bonds. The Kier molecular flexibility index (Phi) is 8.32. The van der Waals surface area contributed by atoms with Crippen molar-refractivity contribution in [3.63, 3.8) is 0 Å². The van der Waals surface area contributed by atoms with Crippen LogP contribution in [0.15, 0.2) is 4.99 Å². The van der Waals surface area contributed by atoms with E-state index >= 15 is 0 Å². The molecule has 0 aromatic heterocycles. The lowest BCUT2D eigenvalue weighted by molar-refractivity contribution is -0.129. The molecule has 2 rings (SSSR count). The highest BCUT2D eigenvalue weighted by molar-refractivity contribution is 5.80. The minimum Gasteiger partial charge on any atom is -0.379 e. The van der Waals surface area contributed by atoms with Crippen molar-refractivity contribution in [2.45, 2.75) is 38.6 Å². The zero-order valence-electron chi connectivity index (χ0n) is 15.2. The molecule has 0 spiro atoms. The van der Waals surface area contributed by atoms with Crippen molar-refractivity contribution in [2.75, 3.05) is 59.5 Å². The zero-order valence-corrected chi connectivity index (χ0v) is 15.2. The van der Waals surface area contributed by atoms with Gasteiger partial charge in [-0.15, -0.1) is 0 Å². The van der Waals surface area contributed by atoms with Gasteiger partial charge in [-0.05, 0) is 25.8 Å². The normalized spacial score (nSPS) is 22.7. The lowest BCUT2D eigenvalue weighted by Crippen LogP contribution is -2.45. The molecule has 7 heteroatoms. The van der Waals surface area contributed by atoms with Crippen LogP contribution in [0.25, 0.3) is 0 Å². The van der Waals surface area contributed by atoms with Gasteiger partial charge in [-0.25, -0.2) is 0 Å². The Hall–Kier alpha value is -1.34. The van der Waals surface area contributed by atoms with E-state index in [9.17, 15) is 4.79 Å². The zero-order chi connectivity index (χ0) is 17.2. The number of rotatable bonds is 7. The summed E-state index contributed by atoms with van der Waals surface area (Å²) in [6.07, 6.45) is 3.89. The van der Waals surface area contributed by atoms with Gasteiger partial charge >= 0.3 is 0 Å². The van der Waals surface area contributed by atoms with Crippen LogP contribution in [0.1, 0.15) is 32.6 Å². The van der Waals surface area contributed by atoms with E-state index in [1.165, 1.54) is 6.42 Å². The smallest absolute Gasteiger partial charge is 0.222 e. The van der Waals surface area contributed by atoms with Crippen molar-refractivity contribution in [1.82, 2.24) is 20.4 Å². The standard InChI is InChI=1S/C17H33N5O2/c1-3-16(23)22-9-6-15(14-22)20-17(18-2)19-7-4-5-8-21-10-12-24-13-11-21/h15H,3-14H2,1-2H3,(H2,18,19,20). The van der Waals surface area contributed by atoms with Gasteiger partial charge in [0.2, 0.25) is 5.91 Å². The Morgan fingerprint density at radius 1 is 1.25 bits per heavy atom. The van der Waals surface area contributed by atoms with Gasteiger partial charge in [0.05, 0.1) is 13.2 Å². The molecule has 0 aliphatic carbocycles. The van der Waals surface area contributed by atoms with E-state index in [2.05, 4.69) is 20.5 Å². The van der Waals surface area contributed by atoms with E-state index in [0.29, 0.717) is 12.5 Å². The Bertz CT molecular complexity index is 410. The Morgan fingerprint density at radius 3 is 2.75 bits per heavy atom. The summed E-state index contributed by atoms with van der Waals surface area (Å²) >= 11 is 0. The van der Waals surface area contributed by atoms with Gasteiger partial charge in [-0.3, -0.25) is 14.7 Å². The molecule has 138 valence electrons. The third-order valence-corrected chi connectivity index (χ3v) is 4.71. The number of unbranched alkanes of at least 4 members (excludes halogenated alkanes) is 1. The van der Waals surface area contributed by atoms with E-state index < -0.39 is 0 Å². The molecule has 2 saturated heterocycles. The molecule has 0 aromatic carbocycles. The number of aliphatic imine (C=N–C) groups is 1. The lowest BCUT2D eigenvalue weighted by Gasteiger charge is -2.26. The van der Waals surface area contributed by atoms with Crippen molar-refractivity contribution in [1.29, 1.82) is 0 Å². The van der Waals surface area contributed by atoms with E-state index in [4.69, 9.17) is 4.74 Å². The van der Waals surface area contributed by atoms with Crippen molar-refractivity contribution in [2.24, 2.45) is 4.99 Å². The van der Waals surface area contributed by atoms with Gasteiger partial charge in [-0.2, -0.15) is 0 Å². The van der Waals surface area contributed by atoms with Gasteiger partial charge in [0.15, 0.2) is 5.96 Å². The first-order valence-corrected chi connectivity index (χ1v) is 9.28. The fourth-order valence-corrected chi connectivity index (χ4v) is 3.21. The van der Waals surface area contributed by atoms with Crippen LogP contribution in [0.2, 0.25) is 0 Å². The molecular formula is C17H33N5O2. The molecule has 0 bridgehead atoms. The quantitative estimate of drug-likeness (QED) is 0.396. The largest absolute Gasteiger partial charge is 0.379 e. The van der Waals surface area contributed by atoms with Gasteiger partial charge in [0.25, 0.3) is 0 Å². The molecule has 0 aromatic rings. The van der Waals surface area contributed by atoms with Crippen molar-refractivity contribution in [3.8, 4) is 0 Å². The molecule has 2 aliphatic rings. The first-order chi connectivity index (χ1) is 11.7. The molecule has 7 nitrogen and oxygen atoms in total. The predicted molar refractivity (Wildman–Crippen MR) is 96.3 cm³/mol. The molecule has 2 aliphatic heterocycles. The number of nitrogens with one attached hydrogen (secondary N) is 2. The molecule has 2 N–H and O–H groups in total.